The van der Waals surface area contributed by atoms with E-state index in [-0.39, 0.29) is 0 Å². The van der Waals surface area contributed by atoms with Crippen LogP contribution < -0.4 is 5.32 Å². The van der Waals surface area contributed by atoms with Gasteiger partial charge in [0.15, 0.2) is 0 Å². The third-order valence-corrected chi connectivity index (χ3v) is 4.44. The Bertz CT molecular complexity index is 905. The first kappa shape index (κ1) is 15.6. The molecule has 3 heterocycles. The minimum absolute atomic E-state index is 0.300. The summed E-state index contributed by atoms with van der Waals surface area (Å²) in [6.45, 7) is 3.09. The van der Waals surface area contributed by atoms with Gasteiger partial charge in [-0.2, -0.15) is 0 Å². The summed E-state index contributed by atoms with van der Waals surface area (Å²) in [5, 5.41) is 3.58. The van der Waals surface area contributed by atoms with Crippen molar-refractivity contribution < 1.29 is 0 Å². The van der Waals surface area contributed by atoms with E-state index in [9.17, 15) is 0 Å². The normalized spacial score (nSPS) is 12.5. The largest absolute Gasteiger partial charge is 0.310 e. The van der Waals surface area contributed by atoms with Gasteiger partial charge in [-0.1, -0.05) is 18.2 Å². The van der Waals surface area contributed by atoms with Gasteiger partial charge in [-0.15, -0.1) is 0 Å². The van der Waals surface area contributed by atoms with Crippen molar-refractivity contribution in [1.82, 2.24) is 24.3 Å². The van der Waals surface area contributed by atoms with Crippen LogP contribution in [0.2, 0.25) is 0 Å². The Balaban J connectivity index is 1.34. The zero-order chi connectivity index (χ0) is 17.1. The van der Waals surface area contributed by atoms with Crippen LogP contribution in [0.4, 0.5) is 0 Å². The first-order valence-electron chi connectivity index (χ1n) is 8.54. The molecule has 0 amide bonds. The highest BCUT2D eigenvalue weighted by molar-refractivity contribution is 5.39. The van der Waals surface area contributed by atoms with Crippen LogP contribution in [-0.2, 0) is 6.42 Å². The first-order chi connectivity index (χ1) is 12.3. The van der Waals surface area contributed by atoms with E-state index in [2.05, 4.69) is 57.1 Å². The van der Waals surface area contributed by atoms with Crippen molar-refractivity contribution in [2.75, 3.05) is 6.54 Å². The predicted octanol–water partition coefficient (Wildman–Crippen LogP) is 3.41. The number of imidazole rings is 2. The van der Waals surface area contributed by atoms with E-state index in [4.69, 9.17) is 0 Å². The molecule has 1 atom stereocenters. The second kappa shape index (κ2) is 6.91. The number of fused-ring (bicyclic) bond motifs is 1. The molecule has 3 aromatic heterocycles. The highest BCUT2D eigenvalue weighted by Crippen LogP contribution is 2.15. The van der Waals surface area contributed by atoms with E-state index < -0.39 is 0 Å². The maximum absolute atomic E-state index is 4.64. The van der Waals surface area contributed by atoms with Crippen molar-refractivity contribution in [3.63, 3.8) is 0 Å². The highest BCUT2D eigenvalue weighted by Gasteiger charge is 2.06. The molecular formula is C20H21N5. The summed E-state index contributed by atoms with van der Waals surface area (Å²) in [6.07, 6.45) is 10.6. The molecule has 4 rings (SSSR count). The second-order valence-corrected chi connectivity index (χ2v) is 6.19. The molecule has 5 heteroatoms. The Hall–Kier alpha value is -2.92. The van der Waals surface area contributed by atoms with Gasteiger partial charge in [0.1, 0.15) is 5.65 Å². The lowest BCUT2D eigenvalue weighted by Crippen LogP contribution is -2.21. The molecule has 0 bridgehead atoms. The third kappa shape index (κ3) is 3.46. The van der Waals surface area contributed by atoms with Gasteiger partial charge < -0.3 is 14.3 Å². The number of hydrogen-bond acceptors (Lipinski definition) is 3. The number of benzene rings is 1. The maximum atomic E-state index is 4.64. The number of aromatic nitrogens is 4. The predicted molar refractivity (Wildman–Crippen MR) is 98.9 cm³/mol. The van der Waals surface area contributed by atoms with E-state index in [1.807, 2.05) is 41.5 Å². The van der Waals surface area contributed by atoms with Crippen LogP contribution in [0.25, 0.3) is 11.3 Å². The Morgan fingerprint density at radius 2 is 1.96 bits per heavy atom. The van der Waals surface area contributed by atoms with Crippen molar-refractivity contribution in [2.45, 2.75) is 19.4 Å². The number of nitrogens with one attached hydrogen (secondary N) is 1. The van der Waals surface area contributed by atoms with E-state index >= 15 is 0 Å². The molecule has 0 aliphatic rings. The van der Waals surface area contributed by atoms with Crippen LogP contribution in [0, 0.1) is 0 Å². The maximum Gasteiger partial charge on any atom is 0.136 e. The number of pyridine rings is 1. The fourth-order valence-corrected chi connectivity index (χ4v) is 2.99. The lowest BCUT2D eigenvalue weighted by Gasteiger charge is -2.14. The topological polar surface area (TPSA) is 47.1 Å². The molecule has 0 aliphatic carbocycles. The molecule has 1 aromatic carbocycles. The SMILES string of the molecule is C[C@H](NCCc1cn2ccccc2n1)c1ccc(-n2ccnc2)cc1. The molecule has 0 spiro atoms. The van der Waals surface area contributed by atoms with Crippen LogP contribution in [0.15, 0.2) is 73.6 Å². The molecular weight excluding hydrogens is 310 g/mol. The molecule has 0 radical (unpaired) electrons. The second-order valence-electron chi connectivity index (χ2n) is 6.19. The quantitative estimate of drug-likeness (QED) is 0.589. The van der Waals surface area contributed by atoms with Crippen molar-refractivity contribution >= 4 is 5.65 Å². The molecule has 0 unspecified atom stereocenters. The smallest absolute Gasteiger partial charge is 0.136 e. The van der Waals surface area contributed by atoms with E-state index in [1.165, 1.54) is 5.56 Å². The Labute approximate surface area is 147 Å². The fraction of sp³-hybridized carbons (Fsp3) is 0.200. The van der Waals surface area contributed by atoms with Crippen molar-refractivity contribution in [3.05, 3.63) is 84.8 Å². The summed E-state index contributed by atoms with van der Waals surface area (Å²) >= 11 is 0. The van der Waals surface area contributed by atoms with E-state index in [0.29, 0.717) is 6.04 Å². The molecule has 25 heavy (non-hydrogen) atoms. The lowest BCUT2D eigenvalue weighted by atomic mass is 10.1. The molecule has 0 saturated heterocycles. The van der Waals surface area contributed by atoms with E-state index in [1.54, 1.807) is 6.20 Å². The number of hydrogen-bond donors (Lipinski definition) is 1. The standard InChI is InChI=1S/C20H21N5/c1-16(17-5-7-19(8-6-17)25-13-11-21-15-25)22-10-9-18-14-24-12-3-2-4-20(24)23-18/h2-8,11-16,22H,9-10H2,1H3/t16-/m0/s1. The van der Waals surface area contributed by atoms with Crippen LogP contribution >= 0.6 is 0 Å². The molecule has 4 aromatic rings. The fourth-order valence-electron chi connectivity index (χ4n) is 2.99. The Kier molecular flexibility index (Phi) is 4.31. The lowest BCUT2D eigenvalue weighted by molar-refractivity contribution is 0.574. The molecule has 0 aliphatic heterocycles. The Morgan fingerprint density at radius 1 is 1.08 bits per heavy atom. The van der Waals surface area contributed by atoms with Crippen LogP contribution in [0.3, 0.4) is 0 Å². The van der Waals surface area contributed by atoms with Crippen molar-refractivity contribution in [2.24, 2.45) is 0 Å². The monoisotopic (exact) mass is 331 g/mol. The van der Waals surface area contributed by atoms with Crippen LogP contribution in [-0.4, -0.2) is 25.5 Å². The summed E-state index contributed by atoms with van der Waals surface area (Å²) in [5.74, 6) is 0. The molecule has 0 fully saturated rings. The van der Waals surface area contributed by atoms with Gasteiger partial charge in [0.05, 0.1) is 12.0 Å². The third-order valence-electron chi connectivity index (χ3n) is 4.44. The Morgan fingerprint density at radius 3 is 2.72 bits per heavy atom. The number of nitrogens with zero attached hydrogens (tertiary/aromatic N) is 4. The molecule has 0 saturated carbocycles. The minimum Gasteiger partial charge on any atom is -0.310 e. The summed E-state index contributed by atoms with van der Waals surface area (Å²) in [6, 6.07) is 14.9. The summed E-state index contributed by atoms with van der Waals surface area (Å²) in [5.41, 5.74) is 4.51. The summed E-state index contributed by atoms with van der Waals surface area (Å²) in [7, 11) is 0. The highest BCUT2D eigenvalue weighted by atomic mass is 15.0. The molecule has 126 valence electrons. The summed E-state index contributed by atoms with van der Waals surface area (Å²) < 4.78 is 4.07. The summed E-state index contributed by atoms with van der Waals surface area (Å²) in [4.78, 5) is 8.72. The average Bonchev–Trinajstić information content (AvgIpc) is 3.31. The van der Waals surface area contributed by atoms with Crippen LogP contribution in [0.5, 0.6) is 0 Å². The van der Waals surface area contributed by atoms with Gasteiger partial charge in [0.25, 0.3) is 0 Å². The van der Waals surface area contributed by atoms with Gasteiger partial charge in [0.2, 0.25) is 0 Å². The van der Waals surface area contributed by atoms with Crippen molar-refractivity contribution in [1.29, 1.82) is 0 Å². The van der Waals surface area contributed by atoms with Gasteiger partial charge in [0, 0.05) is 49.5 Å². The first-order valence-corrected chi connectivity index (χ1v) is 8.54. The van der Waals surface area contributed by atoms with E-state index in [0.717, 1.165) is 30.0 Å². The zero-order valence-electron chi connectivity index (χ0n) is 14.2. The molecule has 1 N–H and O–H groups in total. The van der Waals surface area contributed by atoms with Gasteiger partial charge >= 0.3 is 0 Å². The van der Waals surface area contributed by atoms with Crippen molar-refractivity contribution in [3.8, 4) is 5.69 Å². The van der Waals surface area contributed by atoms with Gasteiger partial charge in [-0.3, -0.25) is 0 Å². The van der Waals surface area contributed by atoms with Gasteiger partial charge in [-0.05, 0) is 36.8 Å². The van der Waals surface area contributed by atoms with Crippen LogP contribution in [0.1, 0.15) is 24.2 Å². The van der Waals surface area contributed by atoms with Gasteiger partial charge in [-0.25, -0.2) is 9.97 Å². The molecule has 5 nitrogen and oxygen atoms in total. The minimum atomic E-state index is 0.300. The zero-order valence-corrected chi connectivity index (χ0v) is 14.2. The number of rotatable bonds is 6. The average molecular weight is 331 g/mol.